The van der Waals surface area contributed by atoms with E-state index in [1.165, 1.54) is 193 Å². The van der Waals surface area contributed by atoms with Crippen molar-refractivity contribution in [2.75, 3.05) is 13.2 Å². The molecule has 77 heavy (non-hydrogen) atoms. The average Bonchev–Trinajstić information content (AvgIpc) is 3.43. The second kappa shape index (κ2) is 65.1. The summed E-state index contributed by atoms with van der Waals surface area (Å²) in [6.45, 7) is 6.50. The maximum Gasteiger partial charge on any atom is 0.306 e. The van der Waals surface area contributed by atoms with Crippen LogP contribution in [0.2, 0.25) is 0 Å². The first kappa shape index (κ1) is 73.6. The van der Waals surface area contributed by atoms with Crippen molar-refractivity contribution < 1.29 is 28.6 Å². The second-order valence-electron chi connectivity index (χ2n) is 22.0. The molecular formula is C71H124O6. The molecule has 0 bridgehead atoms. The largest absolute Gasteiger partial charge is 0.462 e. The molecule has 0 aromatic heterocycles. The summed E-state index contributed by atoms with van der Waals surface area (Å²) < 4.78 is 16.9. The first-order valence-corrected chi connectivity index (χ1v) is 33.1. The van der Waals surface area contributed by atoms with Crippen LogP contribution in [0.3, 0.4) is 0 Å². The molecule has 0 spiro atoms. The lowest BCUT2D eigenvalue weighted by Gasteiger charge is -2.18. The normalized spacial score (nSPS) is 12.6. The highest BCUT2D eigenvalue weighted by Gasteiger charge is 2.19. The van der Waals surface area contributed by atoms with Gasteiger partial charge in [-0.25, -0.2) is 0 Å². The van der Waals surface area contributed by atoms with Crippen LogP contribution < -0.4 is 0 Å². The van der Waals surface area contributed by atoms with Gasteiger partial charge in [-0.3, -0.25) is 14.4 Å². The SMILES string of the molecule is CC/C=C\C/C=C\C/C=C\C/C=C\C/C=C\CCCCCCCCCCCCCCCCCC(=O)OCC(COC(=O)CCCCCCC/C=C\CCCC)OC(=O)CCCCCCCCC/C=C\CCCCCCCC. The van der Waals surface area contributed by atoms with Gasteiger partial charge in [-0.05, 0) is 109 Å². The first-order chi connectivity index (χ1) is 38.0. The summed E-state index contributed by atoms with van der Waals surface area (Å²) in [5.41, 5.74) is 0. The molecule has 0 radical (unpaired) electrons. The van der Waals surface area contributed by atoms with Gasteiger partial charge in [0, 0.05) is 19.3 Å². The Hall–Kier alpha value is -3.41. The van der Waals surface area contributed by atoms with Gasteiger partial charge in [0.05, 0.1) is 0 Å². The summed E-state index contributed by atoms with van der Waals surface area (Å²) in [6, 6.07) is 0. The van der Waals surface area contributed by atoms with Crippen LogP contribution in [0.5, 0.6) is 0 Å². The molecule has 444 valence electrons. The lowest BCUT2D eigenvalue weighted by Crippen LogP contribution is -2.30. The maximum absolute atomic E-state index is 12.9. The molecular weight excluding hydrogens is 949 g/mol. The van der Waals surface area contributed by atoms with E-state index in [1.54, 1.807) is 0 Å². The molecule has 1 atom stereocenters. The summed E-state index contributed by atoms with van der Waals surface area (Å²) in [5, 5.41) is 0. The molecule has 6 heteroatoms. The topological polar surface area (TPSA) is 78.9 Å². The lowest BCUT2D eigenvalue weighted by molar-refractivity contribution is -0.167. The van der Waals surface area contributed by atoms with Gasteiger partial charge >= 0.3 is 17.9 Å². The molecule has 0 N–H and O–H groups in total. The van der Waals surface area contributed by atoms with Crippen LogP contribution in [0, 0.1) is 0 Å². The Morgan fingerprint density at radius 3 is 0.844 bits per heavy atom. The number of hydrogen-bond donors (Lipinski definition) is 0. The highest BCUT2D eigenvalue weighted by atomic mass is 16.6. The van der Waals surface area contributed by atoms with Crippen molar-refractivity contribution >= 4 is 17.9 Å². The molecule has 0 aromatic carbocycles. The third-order valence-corrected chi connectivity index (χ3v) is 14.4. The van der Waals surface area contributed by atoms with Gasteiger partial charge in [-0.1, -0.05) is 286 Å². The summed E-state index contributed by atoms with van der Waals surface area (Å²) in [4.78, 5) is 38.3. The van der Waals surface area contributed by atoms with Crippen LogP contribution in [0.15, 0.2) is 85.1 Å². The zero-order valence-electron chi connectivity index (χ0n) is 51.0. The van der Waals surface area contributed by atoms with E-state index in [2.05, 4.69) is 106 Å². The van der Waals surface area contributed by atoms with E-state index in [0.29, 0.717) is 19.3 Å². The fourth-order valence-corrected chi connectivity index (χ4v) is 9.39. The van der Waals surface area contributed by atoms with Gasteiger partial charge in [0.15, 0.2) is 6.10 Å². The number of carbonyl (C=O) groups excluding carboxylic acids is 3. The van der Waals surface area contributed by atoms with Crippen molar-refractivity contribution in [1.82, 2.24) is 0 Å². The van der Waals surface area contributed by atoms with E-state index in [-0.39, 0.29) is 31.1 Å². The minimum Gasteiger partial charge on any atom is -0.462 e. The molecule has 0 aliphatic carbocycles. The number of carbonyl (C=O) groups is 3. The number of esters is 3. The third kappa shape index (κ3) is 63.3. The predicted octanol–water partition coefficient (Wildman–Crippen LogP) is 22.7. The highest BCUT2D eigenvalue weighted by Crippen LogP contribution is 2.17. The zero-order valence-corrected chi connectivity index (χ0v) is 51.0. The van der Waals surface area contributed by atoms with Gasteiger partial charge in [0.25, 0.3) is 0 Å². The summed E-state index contributed by atoms with van der Waals surface area (Å²) >= 11 is 0. The molecule has 0 fully saturated rings. The minimum absolute atomic E-state index is 0.0780. The Labute approximate surface area is 477 Å². The average molecular weight is 1070 g/mol. The standard InChI is InChI=1S/C71H124O6/c1-4-7-10-13-16-19-22-24-26-28-29-30-31-32-33-34-35-36-37-38-39-40-41-43-44-46-49-52-55-58-61-64-70(73)76-67-68(66-75-69(72)63-60-57-54-51-48-21-18-15-12-9-6-3)77-71(74)65-62-59-56-53-50-47-45-42-27-25-23-20-17-14-11-8-5-2/h7,10,15-16,18-19,24-27,29-30,32-33,68H,4-6,8-9,11-14,17,20-23,28,31,34-67H2,1-3H3/b10-7-,18-15-,19-16-,26-24-,27-25-,30-29-,33-32-. The Kier molecular flexibility index (Phi) is 62.2. The van der Waals surface area contributed by atoms with Crippen LogP contribution in [0.25, 0.3) is 0 Å². The number of allylic oxidation sites excluding steroid dienone is 14. The van der Waals surface area contributed by atoms with Crippen LogP contribution in [0.4, 0.5) is 0 Å². The van der Waals surface area contributed by atoms with Crippen molar-refractivity contribution in [3.8, 4) is 0 Å². The summed E-state index contributed by atoms with van der Waals surface area (Å²) in [7, 11) is 0. The summed E-state index contributed by atoms with van der Waals surface area (Å²) in [6.07, 6.45) is 86.1. The molecule has 0 rings (SSSR count). The number of rotatable bonds is 60. The quantitative estimate of drug-likeness (QED) is 0.0261. The van der Waals surface area contributed by atoms with Crippen molar-refractivity contribution in [3.05, 3.63) is 85.1 Å². The van der Waals surface area contributed by atoms with Gasteiger partial charge in [0.1, 0.15) is 13.2 Å². The Bertz CT molecular complexity index is 1470. The zero-order chi connectivity index (χ0) is 55.7. The Balaban J connectivity index is 4.17. The second-order valence-corrected chi connectivity index (χ2v) is 22.0. The minimum atomic E-state index is -0.781. The van der Waals surface area contributed by atoms with Gasteiger partial charge < -0.3 is 14.2 Å². The van der Waals surface area contributed by atoms with E-state index in [1.807, 2.05) is 0 Å². The van der Waals surface area contributed by atoms with Crippen molar-refractivity contribution in [2.45, 2.75) is 335 Å². The molecule has 0 saturated heterocycles. The monoisotopic (exact) mass is 1070 g/mol. The maximum atomic E-state index is 12.9. The number of ether oxygens (including phenoxy) is 3. The third-order valence-electron chi connectivity index (χ3n) is 14.4. The number of hydrogen-bond acceptors (Lipinski definition) is 6. The highest BCUT2D eigenvalue weighted by molar-refractivity contribution is 5.71. The fraction of sp³-hybridized carbons (Fsp3) is 0.761. The van der Waals surface area contributed by atoms with Crippen molar-refractivity contribution in [3.63, 3.8) is 0 Å². The predicted molar refractivity (Wildman–Crippen MR) is 334 cm³/mol. The fourth-order valence-electron chi connectivity index (χ4n) is 9.39. The molecule has 0 aliphatic rings. The van der Waals surface area contributed by atoms with Gasteiger partial charge in [-0.2, -0.15) is 0 Å². The van der Waals surface area contributed by atoms with Crippen LogP contribution in [-0.2, 0) is 28.6 Å². The molecule has 0 amide bonds. The lowest BCUT2D eigenvalue weighted by atomic mass is 10.0. The van der Waals surface area contributed by atoms with E-state index in [9.17, 15) is 14.4 Å². The van der Waals surface area contributed by atoms with Crippen LogP contribution >= 0.6 is 0 Å². The van der Waals surface area contributed by atoms with Crippen LogP contribution in [0.1, 0.15) is 329 Å². The van der Waals surface area contributed by atoms with E-state index < -0.39 is 6.10 Å². The smallest absolute Gasteiger partial charge is 0.306 e. The van der Waals surface area contributed by atoms with Crippen molar-refractivity contribution in [2.24, 2.45) is 0 Å². The van der Waals surface area contributed by atoms with E-state index in [4.69, 9.17) is 14.2 Å². The molecule has 6 nitrogen and oxygen atoms in total. The first-order valence-electron chi connectivity index (χ1n) is 33.1. The summed E-state index contributed by atoms with van der Waals surface area (Å²) in [5.74, 6) is -0.879. The van der Waals surface area contributed by atoms with Gasteiger partial charge in [-0.15, -0.1) is 0 Å². The Morgan fingerprint density at radius 2 is 0.519 bits per heavy atom. The van der Waals surface area contributed by atoms with Crippen LogP contribution in [-0.4, -0.2) is 37.2 Å². The molecule has 0 heterocycles. The van der Waals surface area contributed by atoms with Gasteiger partial charge in [0.2, 0.25) is 0 Å². The molecule has 0 saturated carbocycles. The van der Waals surface area contributed by atoms with E-state index in [0.717, 1.165) is 96.3 Å². The van der Waals surface area contributed by atoms with Crippen molar-refractivity contribution in [1.29, 1.82) is 0 Å². The number of unbranched alkanes of at least 4 members (excludes halogenated alkanes) is 35. The van der Waals surface area contributed by atoms with E-state index >= 15 is 0 Å². The molecule has 0 aliphatic heterocycles. The molecule has 1 unspecified atom stereocenters. The molecule has 0 aromatic rings. The Morgan fingerprint density at radius 1 is 0.273 bits per heavy atom.